The summed E-state index contributed by atoms with van der Waals surface area (Å²) >= 11 is 11.7. The van der Waals surface area contributed by atoms with Crippen molar-refractivity contribution in [1.82, 2.24) is 0 Å². The first kappa shape index (κ1) is 17.4. The Balaban J connectivity index is 1.62. The molecule has 1 amide bonds. The average molecular weight is 376 g/mol. The van der Waals surface area contributed by atoms with E-state index in [9.17, 15) is 4.79 Å². The molecule has 4 nitrogen and oxygen atoms in total. The number of amides is 1. The Bertz CT molecular complexity index is 888. The van der Waals surface area contributed by atoms with Crippen LogP contribution in [0.3, 0.4) is 0 Å². The first-order chi connectivity index (χ1) is 12.0. The van der Waals surface area contributed by atoms with Crippen LogP contribution in [-0.2, 0) is 6.61 Å². The zero-order valence-corrected chi connectivity index (χ0v) is 14.9. The summed E-state index contributed by atoms with van der Waals surface area (Å²) in [5.74, 6) is 1.10. The molecule has 6 heteroatoms. The van der Waals surface area contributed by atoms with Crippen LogP contribution >= 0.6 is 23.2 Å². The van der Waals surface area contributed by atoms with Crippen molar-refractivity contribution in [2.24, 2.45) is 0 Å². The minimum absolute atomic E-state index is 0.212. The van der Waals surface area contributed by atoms with Crippen molar-refractivity contribution in [2.45, 2.75) is 13.5 Å². The van der Waals surface area contributed by atoms with Crippen LogP contribution in [0.25, 0.3) is 0 Å². The van der Waals surface area contributed by atoms with Gasteiger partial charge in [-0.15, -0.1) is 0 Å². The van der Waals surface area contributed by atoms with E-state index in [1.807, 2.05) is 6.92 Å². The summed E-state index contributed by atoms with van der Waals surface area (Å²) in [4.78, 5) is 12.3. The van der Waals surface area contributed by atoms with E-state index in [4.69, 9.17) is 32.4 Å². The van der Waals surface area contributed by atoms with Gasteiger partial charge in [-0.05, 0) is 67.1 Å². The number of furan rings is 1. The van der Waals surface area contributed by atoms with Crippen LogP contribution in [0.15, 0.2) is 59.0 Å². The van der Waals surface area contributed by atoms with Gasteiger partial charge in [0.05, 0.1) is 0 Å². The highest BCUT2D eigenvalue weighted by molar-refractivity contribution is 6.31. The number of ether oxygens (including phenoxy) is 1. The summed E-state index contributed by atoms with van der Waals surface area (Å²) in [6.45, 7) is 2.09. The Morgan fingerprint density at radius 2 is 1.76 bits per heavy atom. The number of nitrogens with one attached hydrogen (secondary N) is 1. The van der Waals surface area contributed by atoms with Crippen LogP contribution in [0, 0.1) is 6.92 Å². The normalized spacial score (nSPS) is 10.5. The Hall–Kier alpha value is -2.43. The number of rotatable bonds is 5. The second-order valence-corrected chi connectivity index (χ2v) is 6.29. The van der Waals surface area contributed by atoms with Crippen LogP contribution in [-0.4, -0.2) is 5.91 Å². The van der Waals surface area contributed by atoms with Gasteiger partial charge in [0.25, 0.3) is 5.91 Å². The first-order valence-electron chi connectivity index (χ1n) is 7.56. The van der Waals surface area contributed by atoms with E-state index in [1.165, 1.54) is 0 Å². The third kappa shape index (κ3) is 4.56. The van der Waals surface area contributed by atoms with Gasteiger partial charge >= 0.3 is 0 Å². The topological polar surface area (TPSA) is 51.5 Å². The van der Waals surface area contributed by atoms with Gasteiger partial charge in [0, 0.05) is 15.7 Å². The quantitative estimate of drug-likeness (QED) is 0.619. The van der Waals surface area contributed by atoms with Crippen LogP contribution in [0.5, 0.6) is 5.75 Å². The van der Waals surface area contributed by atoms with Crippen molar-refractivity contribution in [3.05, 3.63) is 81.7 Å². The summed E-state index contributed by atoms with van der Waals surface area (Å²) in [7, 11) is 0. The van der Waals surface area contributed by atoms with E-state index in [1.54, 1.807) is 54.6 Å². The molecule has 3 rings (SSSR count). The lowest BCUT2D eigenvalue weighted by Crippen LogP contribution is -2.11. The highest BCUT2D eigenvalue weighted by atomic mass is 35.5. The molecule has 128 valence electrons. The van der Waals surface area contributed by atoms with Gasteiger partial charge in [0.2, 0.25) is 0 Å². The second kappa shape index (κ2) is 7.64. The predicted molar refractivity (Wildman–Crippen MR) is 98.6 cm³/mol. The number of aryl methyl sites for hydroxylation is 1. The molecular weight excluding hydrogens is 361 g/mol. The fourth-order valence-corrected chi connectivity index (χ4v) is 2.57. The zero-order chi connectivity index (χ0) is 17.8. The Morgan fingerprint density at radius 3 is 2.48 bits per heavy atom. The fourth-order valence-electron chi connectivity index (χ4n) is 2.21. The lowest BCUT2D eigenvalue weighted by Gasteiger charge is -2.07. The van der Waals surface area contributed by atoms with Crippen LogP contribution in [0.4, 0.5) is 5.69 Å². The molecule has 0 fully saturated rings. The highest BCUT2D eigenvalue weighted by Crippen LogP contribution is 2.21. The molecule has 0 unspecified atom stereocenters. The van der Waals surface area contributed by atoms with Crippen LogP contribution in [0.2, 0.25) is 10.0 Å². The molecule has 0 bridgehead atoms. The van der Waals surface area contributed by atoms with E-state index >= 15 is 0 Å². The standard InChI is InChI=1S/C19H15Cl2NO3/c1-12-10-14(21)4-8-17(12)22-19(23)18-9-7-16(25-18)11-24-15-5-2-13(20)3-6-15/h2-10H,11H2,1H3,(H,22,23). The van der Waals surface area contributed by atoms with Crippen molar-refractivity contribution in [3.8, 4) is 5.75 Å². The highest BCUT2D eigenvalue weighted by Gasteiger charge is 2.13. The molecule has 0 saturated carbocycles. The molecular formula is C19H15Cl2NO3. The number of hydrogen-bond acceptors (Lipinski definition) is 3. The van der Waals surface area contributed by atoms with Crippen molar-refractivity contribution in [2.75, 3.05) is 5.32 Å². The number of hydrogen-bond donors (Lipinski definition) is 1. The molecule has 2 aromatic carbocycles. The molecule has 0 aliphatic carbocycles. The number of benzene rings is 2. The fraction of sp³-hybridized carbons (Fsp3) is 0.105. The van der Waals surface area contributed by atoms with Gasteiger partial charge in [-0.25, -0.2) is 0 Å². The third-order valence-corrected chi connectivity index (χ3v) is 4.00. The van der Waals surface area contributed by atoms with Gasteiger partial charge in [0.15, 0.2) is 5.76 Å². The molecule has 1 N–H and O–H groups in total. The van der Waals surface area contributed by atoms with E-state index in [0.29, 0.717) is 27.2 Å². The molecule has 1 heterocycles. The molecule has 0 aliphatic rings. The van der Waals surface area contributed by atoms with Crippen molar-refractivity contribution in [3.63, 3.8) is 0 Å². The lowest BCUT2D eigenvalue weighted by atomic mass is 10.2. The summed E-state index contributed by atoms with van der Waals surface area (Å²) in [5, 5.41) is 4.06. The average Bonchev–Trinajstić information content (AvgIpc) is 3.06. The molecule has 0 atom stereocenters. The van der Waals surface area contributed by atoms with E-state index in [2.05, 4.69) is 5.32 Å². The van der Waals surface area contributed by atoms with Gasteiger partial charge in [-0.1, -0.05) is 23.2 Å². The molecule has 0 radical (unpaired) electrons. The maximum Gasteiger partial charge on any atom is 0.291 e. The first-order valence-corrected chi connectivity index (χ1v) is 8.31. The Kier molecular flexibility index (Phi) is 5.31. The van der Waals surface area contributed by atoms with Gasteiger partial charge in [-0.2, -0.15) is 0 Å². The monoisotopic (exact) mass is 375 g/mol. The number of carbonyl (C=O) groups is 1. The van der Waals surface area contributed by atoms with Crippen molar-refractivity contribution >= 4 is 34.8 Å². The molecule has 3 aromatic rings. The number of anilines is 1. The van der Waals surface area contributed by atoms with Crippen LogP contribution < -0.4 is 10.1 Å². The maximum absolute atomic E-state index is 12.3. The largest absolute Gasteiger partial charge is 0.486 e. The van der Waals surface area contributed by atoms with Gasteiger partial charge < -0.3 is 14.5 Å². The maximum atomic E-state index is 12.3. The molecule has 25 heavy (non-hydrogen) atoms. The van der Waals surface area contributed by atoms with E-state index in [0.717, 1.165) is 5.56 Å². The third-order valence-electron chi connectivity index (χ3n) is 3.52. The van der Waals surface area contributed by atoms with Crippen molar-refractivity contribution < 1.29 is 13.9 Å². The number of carbonyl (C=O) groups excluding carboxylic acids is 1. The SMILES string of the molecule is Cc1cc(Cl)ccc1NC(=O)c1ccc(COc2ccc(Cl)cc2)o1. The van der Waals surface area contributed by atoms with E-state index < -0.39 is 0 Å². The minimum Gasteiger partial charge on any atom is -0.486 e. The Labute approximate surface area is 155 Å². The van der Waals surface area contributed by atoms with E-state index in [-0.39, 0.29) is 18.3 Å². The van der Waals surface area contributed by atoms with Crippen molar-refractivity contribution in [1.29, 1.82) is 0 Å². The molecule has 0 saturated heterocycles. The summed E-state index contributed by atoms with van der Waals surface area (Å²) < 4.78 is 11.1. The lowest BCUT2D eigenvalue weighted by molar-refractivity contribution is 0.0992. The van der Waals surface area contributed by atoms with Crippen LogP contribution in [0.1, 0.15) is 21.9 Å². The molecule has 0 spiro atoms. The molecule has 0 aliphatic heterocycles. The minimum atomic E-state index is -0.330. The second-order valence-electron chi connectivity index (χ2n) is 5.42. The summed E-state index contributed by atoms with van der Waals surface area (Å²) in [5.41, 5.74) is 1.56. The number of halogens is 2. The molecule has 1 aromatic heterocycles. The summed E-state index contributed by atoms with van der Waals surface area (Å²) in [6, 6.07) is 15.6. The zero-order valence-electron chi connectivity index (χ0n) is 13.4. The predicted octanol–water partition coefficient (Wildman–Crippen LogP) is 5.73. The van der Waals surface area contributed by atoms with Gasteiger partial charge in [-0.3, -0.25) is 4.79 Å². The Morgan fingerprint density at radius 1 is 1.04 bits per heavy atom. The smallest absolute Gasteiger partial charge is 0.291 e. The summed E-state index contributed by atoms with van der Waals surface area (Å²) in [6.07, 6.45) is 0. The van der Waals surface area contributed by atoms with Gasteiger partial charge in [0.1, 0.15) is 18.1 Å².